The molecule has 0 aromatic heterocycles. The first-order chi connectivity index (χ1) is 8.69. The highest BCUT2D eigenvalue weighted by molar-refractivity contribution is 6.30. The SMILES string of the molecule is N#Cc1ccc(N)c(C#Cc2ccc(Cl)cc2)c1. The van der Waals surface area contributed by atoms with E-state index in [1.807, 2.05) is 12.1 Å². The van der Waals surface area contributed by atoms with Gasteiger partial charge in [-0.15, -0.1) is 0 Å². The van der Waals surface area contributed by atoms with Gasteiger partial charge in [0.05, 0.1) is 11.6 Å². The molecule has 0 fully saturated rings. The number of nitrogens with two attached hydrogens (primary N) is 1. The standard InChI is InChI=1S/C15H9ClN2/c16-14-6-2-11(3-7-14)1-5-13-9-12(10-17)4-8-15(13)18/h2-4,6-9H,18H2. The van der Waals surface area contributed by atoms with Gasteiger partial charge in [-0.1, -0.05) is 23.4 Å². The van der Waals surface area contributed by atoms with Crippen LogP contribution in [0.25, 0.3) is 0 Å². The summed E-state index contributed by atoms with van der Waals surface area (Å²) >= 11 is 5.79. The molecule has 0 aliphatic heterocycles. The van der Waals surface area contributed by atoms with Crippen molar-refractivity contribution in [1.29, 1.82) is 5.26 Å². The van der Waals surface area contributed by atoms with Crippen molar-refractivity contribution in [1.82, 2.24) is 0 Å². The average Bonchev–Trinajstić information content (AvgIpc) is 2.40. The van der Waals surface area contributed by atoms with E-state index in [9.17, 15) is 0 Å². The van der Waals surface area contributed by atoms with Gasteiger partial charge in [0.15, 0.2) is 0 Å². The lowest BCUT2D eigenvalue weighted by Crippen LogP contribution is -1.90. The number of nitrogens with zero attached hydrogens (tertiary/aromatic N) is 1. The van der Waals surface area contributed by atoms with Crippen LogP contribution in [-0.2, 0) is 0 Å². The fourth-order valence-corrected chi connectivity index (χ4v) is 1.53. The van der Waals surface area contributed by atoms with Crippen molar-refractivity contribution in [2.24, 2.45) is 0 Å². The third-order valence-corrected chi connectivity index (χ3v) is 2.62. The van der Waals surface area contributed by atoms with Gasteiger partial charge in [0.1, 0.15) is 0 Å². The maximum absolute atomic E-state index is 8.82. The molecule has 3 heteroatoms. The van der Waals surface area contributed by atoms with Crippen molar-refractivity contribution in [2.45, 2.75) is 0 Å². The van der Waals surface area contributed by atoms with Gasteiger partial charge in [-0.3, -0.25) is 0 Å². The molecule has 86 valence electrons. The molecular weight excluding hydrogens is 244 g/mol. The van der Waals surface area contributed by atoms with Crippen LogP contribution in [0.3, 0.4) is 0 Å². The second-order valence-corrected chi connectivity index (χ2v) is 4.11. The van der Waals surface area contributed by atoms with Gasteiger partial charge in [-0.2, -0.15) is 5.26 Å². The molecule has 0 saturated carbocycles. The molecule has 2 rings (SSSR count). The van der Waals surface area contributed by atoms with Crippen molar-refractivity contribution >= 4 is 17.3 Å². The Morgan fingerprint density at radius 2 is 1.61 bits per heavy atom. The molecule has 0 radical (unpaired) electrons. The van der Waals surface area contributed by atoms with Crippen LogP contribution in [0.4, 0.5) is 5.69 Å². The Morgan fingerprint density at radius 1 is 0.944 bits per heavy atom. The van der Waals surface area contributed by atoms with Gasteiger partial charge in [-0.25, -0.2) is 0 Å². The largest absolute Gasteiger partial charge is 0.398 e. The number of hydrogen-bond acceptors (Lipinski definition) is 2. The molecule has 0 bridgehead atoms. The molecule has 0 aliphatic rings. The summed E-state index contributed by atoms with van der Waals surface area (Å²) in [5.41, 5.74) is 8.42. The smallest absolute Gasteiger partial charge is 0.0992 e. The van der Waals surface area contributed by atoms with E-state index in [2.05, 4.69) is 17.9 Å². The molecule has 0 amide bonds. The lowest BCUT2D eigenvalue weighted by molar-refractivity contribution is 1.48. The van der Waals surface area contributed by atoms with Gasteiger partial charge < -0.3 is 5.73 Å². The molecule has 0 aliphatic carbocycles. The summed E-state index contributed by atoms with van der Waals surface area (Å²) in [6.07, 6.45) is 0. The second kappa shape index (κ2) is 5.27. The van der Waals surface area contributed by atoms with Crippen LogP contribution < -0.4 is 5.73 Å². The minimum Gasteiger partial charge on any atom is -0.398 e. The van der Waals surface area contributed by atoms with Crippen molar-refractivity contribution in [2.75, 3.05) is 5.73 Å². The topological polar surface area (TPSA) is 49.8 Å². The Balaban J connectivity index is 2.35. The van der Waals surface area contributed by atoms with Crippen LogP contribution >= 0.6 is 11.6 Å². The van der Waals surface area contributed by atoms with Crippen molar-refractivity contribution in [3.05, 3.63) is 64.2 Å². The lowest BCUT2D eigenvalue weighted by Gasteiger charge is -1.97. The van der Waals surface area contributed by atoms with Gasteiger partial charge in [-0.05, 0) is 42.5 Å². The molecule has 0 saturated heterocycles. The quantitative estimate of drug-likeness (QED) is 0.578. The van der Waals surface area contributed by atoms with Crippen molar-refractivity contribution in [3.8, 4) is 17.9 Å². The first-order valence-corrected chi connectivity index (χ1v) is 5.64. The predicted octanol–water partition coefficient (Wildman–Crippen LogP) is 3.19. The van der Waals surface area contributed by atoms with E-state index in [0.717, 1.165) is 5.56 Å². The van der Waals surface area contributed by atoms with Crippen molar-refractivity contribution in [3.63, 3.8) is 0 Å². The number of halogens is 1. The minimum absolute atomic E-state index is 0.546. The Bertz CT molecular complexity index is 670. The maximum Gasteiger partial charge on any atom is 0.0992 e. The number of nitriles is 1. The average molecular weight is 253 g/mol. The molecule has 0 heterocycles. The van der Waals surface area contributed by atoms with E-state index < -0.39 is 0 Å². The summed E-state index contributed by atoms with van der Waals surface area (Å²) in [4.78, 5) is 0. The van der Waals surface area contributed by atoms with Gasteiger partial charge in [0, 0.05) is 21.8 Å². The third-order valence-electron chi connectivity index (χ3n) is 2.37. The van der Waals surface area contributed by atoms with Gasteiger partial charge in [0.2, 0.25) is 0 Å². The van der Waals surface area contributed by atoms with E-state index in [1.54, 1.807) is 30.3 Å². The Morgan fingerprint density at radius 3 is 2.28 bits per heavy atom. The van der Waals surface area contributed by atoms with Crippen LogP contribution in [0, 0.1) is 23.2 Å². The van der Waals surface area contributed by atoms with Crippen LogP contribution in [0.2, 0.25) is 5.02 Å². The van der Waals surface area contributed by atoms with Crippen molar-refractivity contribution < 1.29 is 0 Å². The monoisotopic (exact) mass is 252 g/mol. The first-order valence-electron chi connectivity index (χ1n) is 5.26. The Kier molecular flexibility index (Phi) is 3.53. The molecule has 18 heavy (non-hydrogen) atoms. The zero-order chi connectivity index (χ0) is 13.0. The van der Waals surface area contributed by atoms with Gasteiger partial charge in [0.25, 0.3) is 0 Å². The molecule has 2 aromatic rings. The molecule has 2 N–H and O–H groups in total. The zero-order valence-electron chi connectivity index (χ0n) is 9.44. The fraction of sp³-hybridized carbons (Fsp3) is 0. The summed E-state index contributed by atoms with van der Waals surface area (Å²) in [5, 5.41) is 9.49. The number of benzene rings is 2. The molecule has 2 nitrogen and oxygen atoms in total. The fourth-order valence-electron chi connectivity index (χ4n) is 1.41. The molecule has 0 spiro atoms. The van der Waals surface area contributed by atoms with Crippen LogP contribution in [-0.4, -0.2) is 0 Å². The maximum atomic E-state index is 8.82. The highest BCUT2D eigenvalue weighted by Crippen LogP contribution is 2.13. The lowest BCUT2D eigenvalue weighted by atomic mass is 10.1. The number of rotatable bonds is 0. The summed E-state index contributed by atoms with van der Waals surface area (Å²) in [5.74, 6) is 5.94. The third kappa shape index (κ3) is 2.83. The van der Waals surface area contributed by atoms with Crippen LogP contribution in [0.5, 0.6) is 0 Å². The number of hydrogen-bond donors (Lipinski definition) is 1. The predicted molar refractivity (Wildman–Crippen MR) is 73.0 cm³/mol. The molecule has 0 atom stereocenters. The van der Waals surface area contributed by atoms with E-state index in [0.29, 0.717) is 21.8 Å². The highest BCUT2D eigenvalue weighted by atomic mass is 35.5. The Labute approximate surface area is 111 Å². The zero-order valence-corrected chi connectivity index (χ0v) is 10.2. The number of nitrogen functional groups attached to an aromatic ring is 1. The molecule has 0 unspecified atom stereocenters. The highest BCUT2D eigenvalue weighted by Gasteiger charge is 1.97. The molecule has 2 aromatic carbocycles. The first kappa shape index (κ1) is 12.0. The van der Waals surface area contributed by atoms with E-state index in [-0.39, 0.29) is 0 Å². The summed E-state index contributed by atoms with van der Waals surface area (Å²) in [6.45, 7) is 0. The van der Waals surface area contributed by atoms with E-state index >= 15 is 0 Å². The van der Waals surface area contributed by atoms with Crippen LogP contribution in [0.1, 0.15) is 16.7 Å². The number of anilines is 1. The van der Waals surface area contributed by atoms with Crippen LogP contribution in [0.15, 0.2) is 42.5 Å². The molecular formula is C15H9ClN2. The summed E-state index contributed by atoms with van der Waals surface area (Å²) in [6, 6.07) is 14.3. The van der Waals surface area contributed by atoms with Gasteiger partial charge >= 0.3 is 0 Å². The van der Waals surface area contributed by atoms with E-state index in [1.165, 1.54) is 0 Å². The second-order valence-electron chi connectivity index (χ2n) is 3.67. The normalized spacial score (nSPS) is 9.11. The van der Waals surface area contributed by atoms with E-state index in [4.69, 9.17) is 22.6 Å². The summed E-state index contributed by atoms with van der Waals surface area (Å²) < 4.78 is 0. The minimum atomic E-state index is 0.546. The Hall–Kier alpha value is -2.42. The summed E-state index contributed by atoms with van der Waals surface area (Å²) in [7, 11) is 0.